The molecule has 0 aliphatic carbocycles. The molecular weight excluding hydrogens is 532 g/mol. The van der Waals surface area contributed by atoms with Crippen LogP contribution >= 0.6 is 0 Å². The molecule has 1 aliphatic heterocycles. The number of hydrogen-bond donors (Lipinski definition) is 0. The van der Waals surface area contributed by atoms with E-state index in [2.05, 4.69) is 9.88 Å². The molecule has 0 unspecified atom stereocenters. The van der Waals surface area contributed by atoms with Crippen molar-refractivity contribution in [1.29, 1.82) is 0 Å². The number of hydrogen-bond acceptors (Lipinski definition) is 6. The number of carbonyl (C=O) groups is 1. The smallest absolute Gasteiger partial charge is 0.410 e. The standard InChI is InChI=1S/C30H33F2N5O4/c1-30(2,3)41-29(39)36-15-13-35(14-16-36)26-12-10-21(18-33-26)20-9-11-23-24(17-20)37(34(4)27(23)38)19-22-7-5-6-8-25(22)40-28(31)32/h5-12,17-18,28H,13-16,19H2,1-4H3. The molecule has 0 radical (unpaired) electrons. The molecule has 11 heteroatoms. The third-order valence-electron chi connectivity index (χ3n) is 7.01. The number of anilines is 1. The summed E-state index contributed by atoms with van der Waals surface area (Å²) >= 11 is 0. The minimum absolute atomic E-state index is 0.0691. The summed E-state index contributed by atoms with van der Waals surface area (Å²) < 4.78 is 39.3. The summed E-state index contributed by atoms with van der Waals surface area (Å²) in [7, 11) is 1.65. The Morgan fingerprint density at radius 1 is 1.00 bits per heavy atom. The van der Waals surface area contributed by atoms with Crippen LogP contribution in [0.2, 0.25) is 0 Å². The molecule has 0 spiro atoms. The van der Waals surface area contributed by atoms with Gasteiger partial charge in [-0.3, -0.25) is 14.2 Å². The zero-order valence-electron chi connectivity index (χ0n) is 23.5. The van der Waals surface area contributed by atoms with Gasteiger partial charge in [-0.2, -0.15) is 8.78 Å². The molecule has 0 saturated carbocycles. The number of piperazine rings is 1. The molecular formula is C30H33F2N5O4. The van der Waals surface area contributed by atoms with Crippen LogP contribution < -0.4 is 15.2 Å². The first-order chi connectivity index (χ1) is 19.5. The molecule has 3 heterocycles. The van der Waals surface area contributed by atoms with E-state index in [1.165, 1.54) is 10.7 Å². The first-order valence-electron chi connectivity index (χ1n) is 13.4. The number of nitrogens with zero attached hydrogens (tertiary/aromatic N) is 5. The molecule has 2 aromatic carbocycles. The Kier molecular flexibility index (Phi) is 7.70. The van der Waals surface area contributed by atoms with Gasteiger partial charge in [0.15, 0.2) is 0 Å². The number of pyridine rings is 1. The molecule has 1 aliphatic rings. The van der Waals surface area contributed by atoms with E-state index < -0.39 is 12.2 Å². The fourth-order valence-electron chi connectivity index (χ4n) is 4.94. The van der Waals surface area contributed by atoms with Gasteiger partial charge in [0.05, 0.1) is 17.4 Å². The maximum atomic E-state index is 13.0. The number of benzene rings is 2. The Balaban J connectivity index is 1.35. The summed E-state index contributed by atoms with van der Waals surface area (Å²) in [6.07, 6.45) is 1.48. The molecule has 9 nitrogen and oxygen atoms in total. The Morgan fingerprint density at radius 2 is 1.71 bits per heavy atom. The monoisotopic (exact) mass is 565 g/mol. The van der Waals surface area contributed by atoms with Crippen LogP contribution in [0.15, 0.2) is 65.6 Å². The molecule has 1 fully saturated rings. The Labute approximate surface area is 236 Å². The lowest BCUT2D eigenvalue weighted by molar-refractivity contribution is -0.0505. The maximum Gasteiger partial charge on any atom is 0.410 e. The van der Waals surface area contributed by atoms with E-state index in [1.807, 2.05) is 45.0 Å². The van der Waals surface area contributed by atoms with Gasteiger partial charge < -0.3 is 19.3 Å². The van der Waals surface area contributed by atoms with E-state index in [1.54, 1.807) is 47.1 Å². The van der Waals surface area contributed by atoms with E-state index in [-0.39, 0.29) is 23.9 Å². The van der Waals surface area contributed by atoms with Crippen molar-refractivity contribution in [2.75, 3.05) is 31.1 Å². The molecule has 2 aromatic heterocycles. The van der Waals surface area contributed by atoms with Crippen LogP contribution in [-0.4, -0.2) is 63.7 Å². The highest BCUT2D eigenvalue weighted by molar-refractivity contribution is 5.84. The van der Waals surface area contributed by atoms with Crippen molar-refractivity contribution in [2.24, 2.45) is 7.05 Å². The van der Waals surface area contributed by atoms with Crippen LogP contribution in [0.5, 0.6) is 5.75 Å². The number of rotatable bonds is 6. The number of halogens is 2. The predicted octanol–water partition coefficient (Wildman–Crippen LogP) is 5.11. The summed E-state index contributed by atoms with van der Waals surface area (Å²) in [5, 5.41) is 0.524. The summed E-state index contributed by atoms with van der Waals surface area (Å²) in [6, 6.07) is 16.0. The fraction of sp³-hybridized carbons (Fsp3) is 0.367. The zero-order valence-corrected chi connectivity index (χ0v) is 23.5. The molecule has 216 valence electrons. The topological polar surface area (TPSA) is 81.8 Å². The quantitative estimate of drug-likeness (QED) is 0.323. The molecule has 41 heavy (non-hydrogen) atoms. The lowest BCUT2D eigenvalue weighted by Gasteiger charge is -2.36. The van der Waals surface area contributed by atoms with E-state index in [0.717, 1.165) is 16.9 Å². The molecule has 0 N–H and O–H groups in total. The second-order valence-electron chi connectivity index (χ2n) is 11.0. The minimum atomic E-state index is -2.95. The number of amides is 1. The molecule has 1 amide bonds. The minimum Gasteiger partial charge on any atom is -0.444 e. The Bertz CT molecular complexity index is 1600. The molecule has 1 saturated heterocycles. The lowest BCUT2D eigenvalue weighted by atomic mass is 10.1. The summed E-state index contributed by atoms with van der Waals surface area (Å²) in [5.74, 6) is 0.880. The summed E-state index contributed by atoms with van der Waals surface area (Å²) in [4.78, 5) is 33.8. The van der Waals surface area contributed by atoms with Crippen LogP contribution in [0.3, 0.4) is 0 Å². The first kappa shape index (κ1) is 28.1. The van der Waals surface area contributed by atoms with Crippen LogP contribution in [0.25, 0.3) is 22.0 Å². The highest BCUT2D eigenvalue weighted by Gasteiger charge is 2.26. The molecule has 0 bridgehead atoms. The van der Waals surface area contributed by atoms with Gasteiger partial charge in [0.1, 0.15) is 17.2 Å². The summed E-state index contributed by atoms with van der Waals surface area (Å²) in [6.45, 7) is 5.17. The molecule has 5 rings (SSSR count). The van der Waals surface area contributed by atoms with E-state index in [9.17, 15) is 18.4 Å². The van der Waals surface area contributed by atoms with E-state index in [0.29, 0.717) is 42.6 Å². The van der Waals surface area contributed by atoms with Crippen LogP contribution in [0.4, 0.5) is 19.4 Å². The van der Waals surface area contributed by atoms with Crippen molar-refractivity contribution < 1.29 is 23.0 Å². The number of aromatic nitrogens is 3. The van der Waals surface area contributed by atoms with Gasteiger partial charge in [-0.1, -0.05) is 24.3 Å². The lowest BCUT2D eigenvalue weighted by Crippen LogP contribution is -2.50. The maximum absolute atomic E-state index is 13.0. The van der Waals surface area contributed by atoms with Crippen molar-refractivity contribution in [2.45, 2.75) is 39.5 Å². The molecule has 4 aromatic rings. The van der Waals surface area contributed by atoms with Gasteiger partial charge in [0.2, 0.25) is 0 Å². The first-order valence-corrected chi connectivity index (χ1v) is 13.4. The van der Waals surface area contributed by atoms with Gasteiger partial charge in [-0.25, -0.2) is 9.78 Å². The van der Waals surface area contributed by atoms with Gasteiger partial charge in [-0.05, 0) is 56.7 Å². The van der Waals surface area contributed by atoms with Crippen molar-refractivity contribution in [3.05, 3.63) is 76.7 Å². The number of ether oxygens (including phenoxy) is 2. The second-order valence-corrected chi connectivity index (χ2v) is 11.0. The van der Waals surface area contributed by atoms with Crippen molar-refractivity contribution in [3.8, 4) is 16.9 Å². The zero-order chi connectivity index (χ0) is 29.3. The van der Waals surface area contributed by atoms with Crippen LogP contribution in [0.1, 0.15) is 26.3 Å². The number of carbonyl (C=O) groups excluding carboxylic acids is 1. The van der Waals surface area contributed by atoms with Crippen molar-refractivity contribution >= 4 is 22.8 Å². The van der Waals surface area contributed by atoms with Crippen molar-refractivity contribution in [3.63, 3.8) is 0 Å². The molecule has 0 atom stereocenters. The number of para-hydroxylation sites is 1. The SMILES string of the molecule is Cn1c(=O)c2ccc(-c3ccc(N4CCN(C(=O)OC(C)(C)C)CC4)nc3)cc2n1Cc1ccccc1OC(F)F. The summed E-state index contributed by atoms with van der Waals surface area (Å²) in [5.41, 5.74) is 2.22. The van der Waals surface area contributed by atoms with Gasteiger partial charge in [0.25, 0.3) is 5.56 Å². The van der Waals surface area contributed by atoms with Gasteiger partial charge in [-0.15, -0.1) is 0 Å². The van der Waals surface area contributed by atoms with Gasteiger partial charge >= 0.3 is 12.7 Å². The average Bonchev–Trinajstić information content (AvgIpc) is 3.17. The van der Waals surface area contributed by atoms with Crippen LogP contribution in [0, 0.1) is 0 Å². The fourth-order valence-corrected chi connectivity index (χ4v) is 4.94. The van der Waals surface area contributed by atoms with Gasteiger partial charge in [0, 0.05) is 50.6 Å². The third-order valence-corrected chi connectivity index (χ3v) is 7.01. The largest absolute Gasteiger partial charge is 0.444 e. The third kappa shape index (κ3) is 6.18. The Morgan fingerprint density at radius 3 is 2.37 bits per heavy atom. The Hall–Kier alpha value is -4.41. The van der Waals surface area contributed by atoms with Crippen LogP contribution in [-0.2, 0) is 18.3 Å². The highest BCUT2D eigenvalue weighted by Crippen LogP contribution is 2.27. The van der Waals surface area contributed by atoms with Crippen molar-refractivity contribution in [1.82, 2.24) is 19.2 Å². The van der Waals surface area contributed by atoms with E-state index in [4.69, 9.17) is 9.47 Å². The normalized spacial score (nSPS) is 14.1. The average molecular weight is 566 g/mol. The number of fused-ring (bicyclic) bond motifs is 1. The second kappa shape index (κ2) is 11.2. The number of alkyl halides is 2. The highest BCUT2D eigenvalue weighted by atomic mass is 19.3. The predicted molar refractivity (Wildman–Crippen MR) is 153 cm³/mol. The van der Waals surface area contributed by atoms with E-state index >= 15 is 0 Å².